The molecule has 2 heterocycles. The van der Waals surface area contributed by atoms with Crippen LogP contribution in [0.25, 0.3) is 0 Å². The quantitative estimate of drug-likeness (QED) is 0.862. The number of carbonyl (C=O) groups is 2. The SMILES string of the molecule is O=C(NC1c2ccccc2CCc2ccccc21)[C@@H]1[C@H](C(=O)O)[C@H]2CC[C@H]1O2. The van der Waals surface area contributed by atoms with Crippen molar-refractivity contribution in [3.8, 4) is 0 Å². The molecule has 2 bridgehead atoms. The Labute approximate surface area is 163 Å². The van der Waals surface area contributed by atoms with Gasteiger partial charge in [-0.3, -0.25) is 9.59 Å². The minimum atomic E-state index is -0.936. The number of fused-ring (bicyclic) bond motifs is 4. The monoisotopic (exact) mass is 377 g/mol. The minimum absolute atomic E-state index is 0.212. The van der Waals surface area contributed by atoms with Crippen LogP contribution in [-0.4, -0.2) is 29.2 Å². The zero-order valence-electron chi connectivity index (χ0n) is 15.5. The maximum atomic E-state index is 13.3. The van der Waals surface area contributed by atoms with Gasteiger partial charge in [0.25, 0.3) is 0 Å². The normalized spacial score (nSPS) is 28.3. The lowest BCUT2D eigenvalue weighted by atomic mass is 9.78. The van der Waals surface area contributed by atoms with Crippen LogP contribution in [0.15, 0.2) is 48.5 Å². The Morgan fingerprint density at radius 3 is 1.96 bits per heavy atom. The van der Waals surface area contributed by atoms with Crippen LogP contribution < -0.4 is 5.32 Å². The third-order valence-electron chi connectivity index (χ3n) is 6.54. The molecule has 2 fully saturated rings. The topological polar surface area (TPSA) is 75.6 Å². The second-order valence-corrected chi connectivity index (χ2v) is 8.02. The predicted octanol–water partition coefficient (Wildman–Crippen LogP) is 2.87. The second-order valence-electron chi connectivity index (χ2n) is 8.02. The van der Waals surface area contributed by atoms with Crippen LogP contribution in [0.4, 0.5) is 0 Å². The third-order valence-corrected chi connectivity index (χ3v) is 6.54. The van der Waals surface area contributed by atoms with Gasteiger partial charge in [-0.15, -0.1) is 0 Å². The lowest BCUT2D eigenvalue weighted by Crippen LogP contribution is -2.45. The lowest BCUT2D eigenvalue weighted by Gasteiger charge is -2.28. The highest BCUT2D eigenvalue weighted by atomic mass is 16.5. The number of amides is 1. The minimum Gasteiger partial charge on any atom is -0.481 e. The van der Waals surface area contributed by atoms with Crippen LogP contribution in [0.1, 0.15) is 41.1 Å². The van der Waals surface area contributed by atoms with Crippen LogP contribution in [0.2, 0.25) is 0 Å². The first-order valence-electron chi connectivity index (χ1n) is 9.97. The van der Waals surface area contributed by atoms with E-state index in [1.807, 2.05) is 24.3 Å². The molecule has 28 heavy (non-hydrogen) atoms. The van der Waals surface area contributed by atoms with Crippen molar-refractivity contribution in [3.05, 3.63) is 70.8 Å². The molecule has 0 spiro atoms. The van der Waals surface area contributed by atoms with E-state index in [0.29, 0.717) is 0 Å². The van der Waals surface area contributed by atoms with E-state index in [9.17, 15) is 14.7 Å². The number of nitrogens with one attached hydrogen (secondary N) is 1. The molecule has 2 N–H and O–H groups in total. The zero-order valence-corrected chi connectivity index (χ0v) is 15.5. The summed E-state index contributed by atoms with van der Waals surface area (Å²) in [7, 11) is 0. The van der Waals surface area contributed by atoms with E-state index in [1.165, 1.54) is 11.1 Å². The highest BCUT2D eigenvalue weighted by molar-refractivity contribution is 5.87. The lowest BCUT2D eigenvalue weighted by molar-refractivity contribution is -0.148. The average molecular weight is 377 g/mol. The number of benzene rings is 2. The Kier molecular flexibility index (Phi) is 4.20. The van der Waals surface area contributed by atoms with Gasteiger partial charge in [0.15, 0.2) is 0 Å². The van der Waals surface area contributed by atoms with E-state index >= 15 is 0 Å². The number of carbonyl (C=O) groups excluding carboxylic acids is 1. The largest absolute Gasteiger partial charge is 0.481 e. The van der Waals surface area contributed by atoms with E-state index in [0.717, 1.165) is 36.8 Å². The Morgan fingerprint density at radius 1 is 0.857 bits per heavy atom. The summed E-state index contributed by atoms with van der Waals surface area (Å²) in [4.78, 5) is 25.1. The van der Waals surface area contributed by atoms with Gasteiger partial charge in [-0.1, -0.05) is 48.5 Å². The van der Waals surface area contributed by atoms with E-state index in [2.05, 4.69) is 29.6 Å². The summed E-state index contributed by atoms with van der Waals surface area (Å²) in [5.41, 5.74) is 4.64. The van der Waals surface area contributed by atoms with E-state index in [-0.39, 0.29) is 24.2 Å². The van der Waals surface area contributed by atoms with Crippen LogP contribution in [0.5, 0.6) is 0 Å². The Morgan fingerprint density at radius 2 is 1.39 bits per heavy atom. The maximum Gasteiger partial charge on any atom is 0.310 e. The smallest absolute Gasteiger partial charge is 0.310 e. The molecule has 1 amide bonds. The molecule has 4 atom stereocenters. The number of hydrogen-bond acceptors (Lipinski definition) is 3. The fraction of sp³-hybridized carbons (Fsp3) is 0.391. The van der Waals surface area contributed by atoms with Crippen molar-refractivity contribution in [1.29, 1.82) is 0 Å². The first-order chi connectivity index (χ1) is 13.6. The summed E-state index contributed by atoms with van der Waals surface area (Å²) in [6, 6.07) is 16.1. The van der Waals surface area contributed by atoms with Gasteiger partial charge in [0.1, 0.15) is 0 Å². The molecule has 5 heteroatoms. The molecule has 2 aliphatic heterocycles. The summed E-state index contributed by atoms with van der Waals surface area (Å²) in [5.74, 6) is -2.53. The summed E-state index contributed by atoms with van der Waals surface area (Å²) < 4.78 is 5.79. The molecule has 144 valence electrons. The number of carboxylic acids is 1. The van der Waals surface area contributed by atoms with Gasteiger partial charge in [0, 0.05) is 0 Å². The maximum absolute atomic E-state index is 13.3. The van der Waals surface area contributed by atoms with E-state index in [1.54, 1.807) is 0 Å². The summed E-state index contributed by atoms with van der Waals surface area (Å²) in [5, 5.41) is 12.9. The Balaban J connectivity index is 1.51. The van der Waals surface area contributed by atoms with Crippen molar-refractivity contribution in [2.45, 2.75) is 43.9 Å². The molecule has 0 unspecified atom stereocenters. The van der Waals surface area contributed by atoms with E-state index < -0.39 is 17.8 Å². The van der Waals surface area contributed by atoms with Crippen molar-refractivity contribution in [3.63, 3.8) is 0 Å². The van der Waals surface area contributed by atoms with Crippen LogP contribution >= 0.6 is 0 Å². The van der Waals surface area contributed by atoms with Crippen LogP contribution in [0.3, 0.4) is 0 Å². The van der Waals surface area contributed by atoms with Crippen molar-refractivity contribution in [1.82, 2.24) is 5.32 Å². The van der Waals surface area contributed by atoms with Gasteiger partial charge in [-0.25, -0.2) is 0 Å². The number of aliphatic carboxylic acids is 1. The number of hydrogen-bond donors (Lipinski definition) is 2. The summed E-state index contributed by atoms with van der Waals surface area (Å²) >= 11 is 0. The molecule has 0 saturated carbocycles. The van der Waals surface area contributed by atoms with Gasteiger partial charge >= 0.3 is 5.97 Å². The van der Waals surface area contributed by atoms with Gasteiger partial charge in [0.2, 0.25) is 5.91 Å². The van der Waals surface area contributed by atoms with Crippen molar-refractivity contribution in [2.24, 2.45) is 11.8 Å². The van der Waals surface area contributed by atoms with Crippen molar-refractivity contribution in [2.75, 3.05) is 0 Å². The molecule has 5 rings (SSSR count). The molecular weight excluding hydrogens is 354 g/mol. The molecule has 3 aliphatic rings. The standard InChI is InChI=1S/C23H23NO4/c25-22(19-17-11-12-18(28-17)20(19)23(26)27)24-21-15-7-3-1-5-13(15)9-10-14-6-2-4-8-16(14)21/h1-8,17-21H,9-12H2,(H,24,25)(H,26,27)/t17-,18-,19+,20-/m1/s1. The van der Waals surface area contributed by atoms with Gasteiger partial charge in [-0.05, 0) is 47.9 Å². The Bertz CT molecular complexity index is 892. The number of aryl methyl sites for hydroxylation is 2. The number of ether oxygens (including phenoxy) is 1. The van der Waals surface area contributed by atoms with E-state index in [4.69, 9.17) is 4.74 Å². The molecular formula is C23H23NO4. The molecule has 2 aromatic carbocycles. The molecule has 5 nitrogen and oxygen atoms in total. The second kappa shape index (κ2) is 6.74. The predicted molar refractivity (Wildman–Crippen MR) is 103 cm³/mol. The number of carboxylic acid groups (broad SMARTS) is 1. The average Bonchev–Trinajstić information content (AvgIpc) is 3.29. The third kappa shape index (κ3) is 2.73. The first-order valence-corrected chi connectivity index (χ1v) is 9.97. The van der Waals surface area contributed by atoms with Crippen molar-refractivity contribution < 1.29 is 19.4 Å². The highest BCUT2D eigenvalue weighted by Gasteiger charge is 2.55. The fourth-order valence-corrected chi connectivity index (χ4v) is 5.24. The van der Waals surface area contributed by atoms with Gasteiger partial charge in [0.05, 0.1) is 30.1 Å². The number of rotatable bonds is 3. The van der Waals surface area contributed by atoms with Crippen LogP contribution in [0, 0.1) is 11.8 Å². The first kappa shape index (κ1) is 17.4. The summed E-state index contributed by atoms with van der Waals surface area (Å²) in [6.45, 7) is 0. The molecule has 0 radical (unpaired) electrons. The summed E-state index contributed by atoms with van der Waals surface area (Å²) in [6.07, 6.45) is 2.70. The van der Waals surface area contributed by atoms with Crippen molar-refractivity contribution >= 4 is 11.9 Å². The highest BCUT2D eigenvalue weighted by Crippen LogP contribution is 2.44. The molecule has 1 aliphatic carbocycles. The molecule has 2 aromatic rings. The zero-order chi connectivity index (χ0) is 19.3. The molecule has 0 aromatic heterocycles. The Hall–Kier alpha value is -2.66. The van der Waals surface area contributed by atoms with Gasteiger partial charge < -0.3 is 15.2 Å². The molecule has 2 saturated heterocycles. The van der Waals surface area contributed by atoms with Gasteiger partial charge in [-0.2, -0.15) is 0 Å². The van der Waals surface area contributed by atoms with Crippen LogP contribution in [-0.2, 0) is 27.2 Å². The fourth-order valence-electron chi connectivity index (χ4n) is 5.24.